The molecule has 0 aliphatic carbocycles. The Hall–Kier alpha value is -1.36. The molecule has 0 saturated heterocycles. The molecule has 1 aromatic heterocycles. The van der Waals surface area contributed by atoms with Crippen LogP contribution in [0.4, 0.5) is 0 Å². The first-order valence-electron chi connectivity index (χ1n) is 6.30. The van der Waals surface area contributed by atoms with Crippen LogP contribution in [-0.2, 0) is 13.1 Å². The van der Waals surface area contributed by atoms with Crippen LogP contribution >= 0.6 is 11.6 Å². The Morgan fingerprint density at radius 3 is 2.95 bits per heavy atom. The van der Waals surface area contributed by atoms with Crippen LogP contribution < -0.4 is 5.32 Å². The van der Waals surface area contributed by atoms with Crippen LogP contribution in [0.15, 0.2) is 36.7 Å². The largest absolute Gasteiger partial charge is 0.394 e. The van der Waals surface area contributed by atoms with Crippen molar-refractivity contribution >= 4 is 11.6 Å². The van der Waals surface area contributed by atoms with Gasteiger partial charge in [-0.2, -0.15) is 5.10 Å². The Balaban J connectivity index is 1.92. The Bertz CT molecular complexity index is 527. The van der Waals surface area contributed by atoms with E-state index < -0.39 is 0 Å². The van der Waals surface area contributed by atoms with Crippen molar-refractivity contribution in [2.24, 2.45) is 0 Å². The van der Waals surface area contributed by atoms with Gasteiger partial charge < -0.3 is 10.4 Å². The maximum Gasteiger partial charge on any atom is 0.0640 e. The summed E-state index contributed by atoms with van der Waals surface area (Å²) in [5, 5.41) is 17.2. The van der Waals surface area contributed by atoms with Gasteiger partial charge in [-0.25, -0.2) is 0 Å². The summed E-state index contributed by atoms with van der Waals surface area (Å²) in [5.74, 6) is 0. The van der Waals surface area contributed by atoms with E-state index in [0.29, 0.717) is 6.54 Å². The number of nitrogens with zero attached hydrogens (tertiary/aromatic N) is 2. The zero-order valence-electron chi connectivity index (χ0n) is 10.9. The molecule has 0 bridgehead atoms. The summed E-state index contributed by atoms with van der Waals surface area (Å²) in [6.45, 7) is 3.43. The number of halogens is 1. The van der Waals surface area contributed by atoms with Crippen molar-refractivity contribution in [3.05, 3.63) is 52.8 Å². The molecule has 19 heavy (non-hydrogen) atoms. The number of hydrogen-bond acceptors (Lipinski definition) is 3. The predicted molar refractivity (Wildman–Crippen MR) is 76.0 cm³/mol. The maximum atomic E-state index is 8.84. The van der Waals surface area contributed by atoms with Gasteiger partial charge in [0.1, 0.15) is 0 Å². The van der Waals surface area contributed by atoms with Crippen LogP contribution in [0, 0.1) is 0 Å². The Kier molecular flexibility index (Phi) is 4.96. The van der Waals surface area contributed by atoms with Crippen molar-refractivity contribution in [3.8, 4) is 0 Å². The molecule has 2 rings (SSSR count). The van der Waals surface area contributed by atoms with Crippen LogP contribution in [0.3, 0.4) is 0 Å². The van der Waals surface area contributed by atoms with E-state index >= 15 is 0 Å². The number of hydrogen-bond donors (Lipinski definition) is 2. The van der Waals surface area contributed by atoms with Gasteiger partial charge in [0.25, 0.3) is 0 Å². The smallest absolute Gasteiger partial charge is 0.0640 e. The maximum absolute atomic E-state index is 8.84. The van der Waals surface area contributed by atoms with Crippen LogP contribution in [0.25, 0.3) is 0 Å². The second kappa shape index (κ2) is 6.70. The predicted octanol–water partition coefficient (Wildman–Crippen LogP) is 2.38. The molecule has 0 unspecified atom stereocenters. The molecule has 0 fully saturated rings. The number of rotatable bonds is 6. The van der Waals surface area contributed by atoms with Gasteiger partial charge in [0.05, 0.1) is 19.3 Å². The minimum Gasteiger partial charge on any atom is -0.394 e. The molecule has 0 amide bonds. The van der Waals surface area contributed by atoms with Crippen molar-refractivity contribution < 1.29 is 5.11 Å². The molecule has 0 aliphatic rings. The fourth-order valence-corrected chi connectivity index (χ4v) is 2.23. The van der Waals surface area contributed by atoms with Crippen molar-refractivity contribution in [3.63, 3.8) is 0 Å². The van der Waals surface area contributed by atoms with Gasteiger partial charge in [-0.15, -0.1) is 0 Å². The van der Waals surface area contributed by atoms with Gasteiger partial charge in [-0.1, -0.05) is 29.8 Å². The highest BCUT2D eigenvalue weighted by molar-refractivity contribution is 6.31. The van der Waals surface area contributed by atoms with Gasteiger partial charge in [0, 0.05) is 29.4 Å². The van der Waals surface area contributed by atoms with Crippen LogP contribution in [0.2, 0.25) is 5.02 Å². The van der Waals surface area contributed by atoms with E-state index in [1.165, 1.54) is 0 Å². The number of aliphatic hydroxyl groups excluding tert-OH is 1. The molecule has 0 radical (unpaired) electrons. The summed E-state index contributed by atoms with van der Waals surface area (Å²) in [6.07, 6.45) is 3.74. The molecular formula is C14H18ClN3O. The van der Waals surface area contributed by atoms with E-state index in [4.69, 9.17) is 16.7 Å². The highest BCUT2D eigenvalue weighted by atomic mass is 35.5. The molecule has 2 aromatic rings. The van der Waals surface area contributed by atoms with Crippen molar-refractivity contribution in [2.45, 2.75) is 26.1 Å². The highest BCUT2D eigenvalue weighted by Gasteiger charge is 2.08. The van der Waals surface area contributed by atoms with Crippen LogP contribution in [0.5, 0.6) is 0 Å². The summed E-state index contributed by atoms with van der Waals surface area (Å²) in [4.78, 5) is 0. The molecule has 1 heterocycles. The van der Waals surface area contributed by atoms with Crippen molar-refractivity contribution in [1.29, 1.82) is 0 Å². The summed E-state index contributed by atoms with van der Waals surface area (Å²) in [6, 6.07) is 8.01. The Morgan fingerprint density at radius 2 is 2.21 bits per heavy atom. The second-order valence-corrected chi connectivity index (χ2v) is 4.87. The lowest BCUT2D eigenvalue weighted by Crippen LogP contribution is -2.18. The zero-order valence-corrected chi connectivity index (χ0v) is 11.6. The van der Waals surface area contributed by atoms with Gasteiger partial charge in [0.2, 0.25) is 0 Å². The summed E-state index contributed by atoms with van der Waals surface area (Å²) < 4.78 is 1.73. The van der Waals surface area contributed by atoms with E-state index in [9.17, 15) is 0 Å². The molecule has 2 N–H and O–H groups in total. The molecule has 5 heteroatoms. The summed E-state index contributed by atoms with van der Waals surface area (Å²) >= 11 is 6.16. The van der Waals surface area contributed by atoms with Crippen LogP contribution in [0.1, 0.15) is 24.1 Å². The lowest BCUT2D eigenvalue weighted by atomic mass is 10.1. The normalized spacial score (nSPS) is 12.6. The van der Waals surface area contributed by atoms with E-state index in [1.807, 2.05) is 36.7 Å². The van der Waals surface area contributed by atoms with E-state index in [1.54, 1.807) is 4.68 Å². The molecular weight excluding hydrogens is 262 g/mol. The summed E-state index contributed by atoms with van der Waals surface area (Å²) in [5.41, 5.74) is 2.18. The standard InChI is InChI=1S/C14H18ClN3O/c1-11(13-4-2-3-5-14(13)15)16-8-12-9-17-18(10-12)6-7-19/h2-5,9-11,16,19H,6-8H2,1H3/t11-/m1/s1. The minimum atomic E-state index is 0.102. The number of aliphatic hydroxyl groups is 1. The molecule has 0 spiro atoms. The topological polar surface area (TPSA) is 50.1 Å². The number of aromatic nitrogens is 2. The quantitative estimate of drug-likeness (QED) is 0.854. The molecule has 1 aromatic carbocycles. The van der Waals surface area contributed by atoms with Gasteiger partial charge in [0.15, 0.2) is 0 Å². The first kappa shape index (κ1) is 14.1. The lowest BCUT2D eigenvalue weighted by molar-refractivity contribution is 0.269. The molecule has 4 nitrogen and oxygen atoms in total. The second-order valence-electron chi connectivity index (χ2n) is 4.46. The average Bonchev–Trinajstić information content (AvgIpc) is 2.85. The van der Waals surface area contributed by atoms with Crippen molar-refractivity contribution in [1.82, 2.24) is 15.1 Å². The average molecular weight is 280 g/mol. The van der Waals surface area contributed by atoms with Crippen LogP contribution in [-0.4, -0.2) is 21.5 Å². The number of benzene rings is 1. The van der Waals surface area contributed by atoms with Crippen molar-refractivity contribution in [2.75, 3.05) is 6.61 Å². The molecule has 1 atom stereocenters. The fraction of sp³-hybridized carbons (Fsp3) is 0.357. The third-order valence-corrected chi connectivity index (χ3v) is 3.34. The first-order chi connectivity index (χ1) is 9.20. The SMILES string of the molecule is C[C@@H](NCc1cnn(CCO)c1)c1ccccc1Cl. The van der Waals surface area contributed by atoms with E-state index in [2.05, 4.69) is 17.3 Å². The Labute approximate surface area is 118 Å². The van der Waals surface area contributed by atoms with Gasteiger partial charge in [-0.3, -0.25) is 4.68 Å². The zero-order chi connectivity index (χ0) is 13.7. The fourth-order valence-electron chi connectivity index (χ4n) is 1.93. The number of nitrogens with one attached hydrogen (secondary N) is 1. The van der Waals surface area contributed by atoms with E-state index in [0.717, 1.165) is 22.7 Å². The summed E-state index contributed by atoms with van der Waals surface area (Å²) in [7, 11) is 0. The van der Waals surface area contributed by atoms with E-state index in [-0.39, 0.29) is 12.6 Å². The lowest BCUT2D eigenvalue weighted by Gasteiger charge is -2.14. The van der Waals surface area contributed by atoms with Gasteiger partial charge in [-0.05, 0) is 18.6 Å². The minimum absolute atomic E-state index is 0.102. The molecule has 0 aliphatic heterocycles. The van der Waals surface area contributed by atoms with Gasteiger partial charge >= 0.3 is 0 Å². The molecule has 0 saturated carbocycles. The highest BCUT2D eigenvalue weighted by Crippen LogP contribution is 2.22. The monoisotopic (exact) mass is 279 g/mol. The molecule has 102 valence electrons. The first-order valence-corrected chi connectivity index (χ1v) is 6.68. The Morgan fingerprint density at radius 1 is 1.42 bits per heavy atom. The third-order valence-electron chi connectivity index (χ3n) is 3.00. The third kappa shape index (κ3) is 3.80.